The molecule has 0 bridgehead atoms. The van der Waals surface area contributed by atoms with Crippen molar-refractivity contribution in [1.82, 2.24) is 5.32 Å². The first-order chi connectivity index (χ1) is 2.81. The summed E-state index contributed by atoms with van der Waals surface area (Å²) in [5.74, 6) is 0. The van der Waals surface area contributed by atoms with Crippen LogP contribution in [0.3, 0.4) is 0 Å². The first-order valence-electron chi connectivity index (χ1n) is 2.55. The molecule has 34 valence electrons. The maximum Gasteiger partial charge on any atom is 0.0140 e. The molecule has 0 aromatic carbocycles. The summed E-state index contributed by atoms with van der Waals surface area (Å²) in [6, 6.07) is 0.928. The Kier molecular flexibility index (Phi) is 0.274. The third kappa shape index (κ3) is 0.155. The van der Waals surface area contributed by atoms with Crippen LogP contribution in [0.5, 0.6) is 0 Å². The van der Waals surface area contributed by atoms with Gasteiger partial charge < -0.3 is 5.32 Å². The van der Waals surface area contributed by atoms with Gasteiger partial charge in [0.25, 0.3) is 0 Å². The van der Waals surface area contributed by atoms with Gasteiger partial charge >= 0.3 is 0 Å². The van der Waals surface area contributed by atoms with Gasteiger partial charge in [0.2, 0.25) is 0 Å². The van der Waals surface area contributed by atoms with Gasteiger partial charge in [-0.25, -0.2) is 0 Å². The number of hydrogen-bond acceptors (Lipinski definition) is 1. The Hall–Kier alpha value is -0.0400. The molecule has 0 aromatic heterocycles. The Morgan fingerprint density at radius 2 is 2.50 bits per heavy atom. The molecule has 2 fully saturated rings. The lowest BCUT2D eigenvalue weighted by Gasteiger charge is -2.21. The highest BCUT2D eigenvalue weighted by Gasteiger charge is 2.57. The molecular formula is C5H9N. The van der Waals surface area contributed by atoms with Gasteiger partial charge in [-0.2, -0.15) is 0 Å². The van der Waals surface area contributed by atoms with Crippen LogP contribution >= 0.6 is 0 Å². The van der Waals surface area contributed by atoms with Gasteiger partial charge in [0.1, 0.15) is 0 Å². The maximum absolute atomic E-state index is 3.32. The molecule has 1 saturated heterocycles. The Labute approximate surface area is 37.7 Å². The number of nitrogens with one attached hydrogen (secondary N) is 1. The fourth-order valence-corrected chi connectivity index (χ4v) is 1.15. The summed E-state index contributed by atoms with van der Waals surface area (Å²) in [5, 5.41) is 3.32. The highest BCUT2D eigenvalue weighted by Crippen LogP contribution is 2.51. The van der Waals surface area contributed by atoms with Crippen molar-refractivity contribution in [3.63, 3.8) is 0 Å². The van der Waals surface area contributed by atoms with Gasteiger partial charge in [-0.1, -0.05) is 6.92 Å². The van der Waals surface area contributed by atoms with E-state index in [-0.39, 0.29) is 0 Å². The Morgan fingerprint density at radius 1 is 1.83 bits per heavy atom. The van der Waals surface area contributed by atoms with E-state index in [4.69, 9.17) is 0 Å². The molecule has 1 nitrogen and oxygen atoms in total. The smallest absolute Gasteiger partial charge is 0.0140 e. The van der Waals surface area contributed by atoms with Crippen molar-refractivity contribution in [3.8, 4) is 0 Å². The van der Waals surface area contributed by atoms with E-state index in [0.717, 1.165) is 11.5 Å². The molecule has 0 spiro atoms. The Morgan fingerprint density at radius 3 is 2.50 bits per heavy atom. The van der Waals surface area contributed by atoms with Crippen molar-refractivity contribution in [1.29, 1.82) is 0 Å². The predicted octanol–water partition coefficient (Wildman–Crippen LogP) is 0.368. The van der Waals surface area contributed by atoms with E-state index in [9.17, 15) is 0 Å². The van der Waals surface area contributed by atoms with Crippen molar-refractivity contribution >= 4 is 0 Å². The van der Waals surface area contributed by atoms with E-state index in [1.54, 1.807) is 0 Å². The van der Waals surface area contributed by atoms with Crippen molar-refractivity contribution in [2.75, 3.05) is 6.54 Å². The first-order valence-corrected chi connectivity index (χ1v) is 2.55. The predicted molar refractivity (Wildman–Crippen MR) is 24.5 cm³/mol. The zero-order valence-electron chi connectivity index (χ0n) is 3.99. The molecule has 0 radical (unpaired) electrons. The van der Waals surface area contributed by atoms with E-state index in [2.05, 4.69) is 12.2 Å². The molecule has 6 heavy (non-hydrogen) atoms. The molecule has 1 aliphatic heterocycles. The molecule has 1 heteroatoms. The van der Waals surface area contributed by atoms with Crippen molar-refractivity contribution in [3.05, 3.63) is 0 Å². The fourth-order valence-electron chi connectivity index (χ4n) is 1.15. The van der Waals surface area contributed by atoms with Crippen LogP contribution in [0.1, 0.15) is 13.3 Å². The van der Waals surface area contributed by atoms with Crippen molar-refractivity contribution in [2.24, 2.45) is 5.41 Å². The van der Waals surface area contributed by atoms with Crippen LogP contribution in [-0.2, 0) is 0 Å². The third-order valence-corrected chi connectivity index (χ3v) is 2.10. The molecule has 0 amide bonds. The molecule has 2 rings (SSSR count). The summed E-state index contributed by atoms with van der Waals surface area (Å²) >= 11 is 0. The normalized spacial score (nSPS) is 62.5. The highest BCUT2D eigenvalue weighted by molar-refractivity contribution is 5.14. The fraction of sp³-hybridized carbons (Fsp3) is 1.00. The maximum atomic E-state index is 3.32. The average Bonchev–Trinajstić information content (AvgIpc) is 1.88. The number of hydrogen-bond donors (Lipinski definition) is 1. The molecule has 1 aliphatic carbocycles. The van der Waals surface area contributed by atoms with E-state index < -0.39 is 0 Å². The van der Waals surface area contributed by atoms with Crippen LogP contribution in [-0.4, -0.2) is 12.6 Å². The summed E-state index contributed by atoms with van der Waals surface area (Å²) in [5.41, 5.74) is 0.778. The molecule has 2 aliphatic rings. The molecule has 1 heterocycles. The Bertz CT molecular complexity index is 85.9. The molecule has 1 saturated carbocycles. The van der Waals surface area contributed by atoms with Gasteiger partial charge in [0, 0.05) is 12.6 Å². The van der Waals surface area contributed by atoms with Crippen LogP contribution in [0.25, 0.3) is 0 Å². The second-order valence-electron chi connectivity index (χ2n) is 2.79. The minimum atomic E-state index is 0.778. The zero-order chi connectivity index (χ0) is 4.20. The summed E-state index contributed by atoms with van der Waals surface area (Å²) in [6.45, 7) is 3.62. The second kappa shape index (κ2) is 0.544. The van der Waals surface area contributed by atoms with Gasteiger partial charge in [0.15, 0.2) is 0 Å². The van der Waals surface area contributed by atoms with E-state index in [1.165, 1.54) is 13.0 Å². The van der Waals surface area contributed by atoms with Crippen LogP contribution in [0.2, 0.25) is 0 Å². The largest absolute Gasteiger partial charge is 0.313 e. The third-order valence-electron chi connectivity index (χ3n) is 2.10. The number of fused-ring (bicyclic) bond motifs is 1. The molecular weight excluding hydrogens is 74.1 g/mol. The molecule has 0 aromatic rings. The SMILES string of the molecule is CC12CN[C@H]1C2. The van der Waals surface area contributed by atoms with Gasteiger partial charge in [-0.3, -0.25) is 0 Å². The molecule has 2 atom stereocenters. The lowest BCUT2D eigenvalue weighted by molar-refractivity contribution is 0.365. The van der Waals surface area contributed by atoms with Gasteiger partial charge in [-0.05, 0) is 11.8 Å². The van der Waals surface area contributed by atoms with Crippen LogP contribution in [0.4, 0.5) is 0 Å². The summed E-state index contributed by atoms with van der Waals surface area (Å²) in [7, 11) is 0. The van der Waals surface area contributed by atoms with Crippen LogP contribution in [0.15, 0.2) is 0 Å². The quantitative estimate of drug-likeness (QED) is 0.446. The monoisotopic (exact) mass is 83.1 g/mol. The molecule has 1 N–H and O–H groups in total. The van der Waals surface area contributed by atoms with Gasteiger partial charge in [-0.15, -0.1) is 0 Å². The lowest BCUT2D eigenvalue weighted by atomic mass is 10.1. The summed E-state index contributed by atoms with van der Waals surface area (Å²) < 4.78 is 0. The number of rotatable bonds is 0. The summed E-state index contributed by atoms with van der Waals surface area (Å²) in [4.78, 5) is 0. The highest BCUT2D eigenvalue weighted by atomic mass is 15.1. The lowest BCUT2D eigenvalue weighted by Crippen LogP contribution is -2.39. The van der Waals surface area contributed by atoms with E-state index in [1.807, 2.05) is 0 Å². The summed E-state index contributed by atoms with van der Waals surface area (Å²) in [6.07, 6.45) is 1.44. The Balaban J connectivity index is 2.22. The first kappa shape index (κ1) is 3.03. The van der Waals surface area contributed by atoms with Crippen molar-refractivity contribution < 1.29 is 0 Å². The standard InChI is InChI=1S/C5H9N/c1-5-2-4(5)6-3-5/h4,6H,2-3H2,1H3/t4-,5?/m0/s1. The topological polar surface area (TPSA) is 12.0 Å². The van der Waals surface area contributed by atoms with Crippen LogP contribution in [0, 0.1) is 5.41 Å². The van der Waals surface area contributed by atoms with Crippen LogP contribution < -0.4 is 5.32 Å². The van der Waals surface area contributed by atoms with E-state index in [0.29, 0.717) is 0 Å². The molecule has 1 unspecified atom stereocenters. The average molecular weight is 83.1 g/mol. The minimum Gasteiger partial charge on any atom is -0.313 e. The van der Waals surface area contributed by atoms with E-state index >= 15 is 0 Å². The van der Waals surface area contributed by atoms with Gasteiger partial charge in [0.05, 0.1) is 0 Å². The second-order valence-corrected chi connectivity index (χ2v) is 2.79. The zero-order valence-corrected chi connectivity index (χ0v) is 3.99. The van der Waals surface area contributed by atoms with Crippen molar-refractivity contribution in [2.45, 2.75) is 19.4 Å². The minimum absolute atomic E-state index is 0.778.